The van der Waals surface area contributed by atoms with Crippen LogP contribution < -0.4 is 0 Å². The molecule has 2 aromatic rings. The monoisotopic (exact) mass is 422 g/mol. The lowest BCUT2D eigenvalue weighted by molar-refractivity contribution is 0.302. The number of aryl methyl sites for hydroxylation is 1. The lowest BCUT2D eigenvalue weighted by atomic mass is 9.76. The number of unbranched alkanes of at least 4 members (excludes halogenated alkanes) is 2. The zero-order valence-electron chi connectivity index (χ0n) is 19.2. The SMILES string of the molecule is CCCCCC1CCC(c2ccc(C3=CCc4c(ccc(CC)c4F)C3)c(F)c2)CC1. The first-order valence-corrected chi connectivity index (χ1v) is 12.4. The largest absolute Gasteiger partial charge is 0.206 e. The van der Waals surface area contributed by atoms with Crippen LogP contribution in [0.4, 0.5) is 8.78 Å². The van der Waals surface area contributed by atoms with Gasteiger partial charge in [0, 0.05) is 5.56 Å². The fourth-order valence-electron chi connectivity index (χ4n) is 5.59. The molecule has 2 heteroatoms. The van der Waals surface area contributed by atoms with E-state index in [0.717, 1.165) is 33.7 Å². The van der Waals surface area contributed by atoms with E-state index in [2.05, 4.69) is 13.0 Å². The summed E-state index contributed by atoms with van der Waals surface area (Å²) in [5.74, 6) is 1.17. The Morgan fingerprint density at radius 3 is 2.45 bits per heavy atom. The second-order valence-corrected chi connectivity index (χ2v) is 9.59. The van der Waals surface area contributed by atoms with Crippen LogP contribution in [0.2, 0.25) is 0 Å². The van der Waals surface area contributed by atoms with Gasteiger partial charge in [-0.3, -0.25) is 0 Å². The van der Waals surface area contributed by atoms with Gasteiger partial charge in [0.2, 0.25) is 0 Å². The molecule has 31 heavy (non-hydrogen) atoms. The van der Waals surface area contributed by atoms with Crippen LogP contribution in [0.3, 0.4) is 0 Å². The minimum Gasteiger partial charge on any atom is -0.206 e. The van der Waals surface area contributed by atoms with Crippen LogP contribution in [-0.4, -0.2) is 0 Å². The maximum atomic E-state index is 15.1. The third kappa shape index (κ3) is 4.94. The fraction of sp³-hybridized carbons (Fsp3) is 0.517. The molecular formula is C29H36F2. The normalized spacial score (nSPS) is 21.0. The Morgan fingerprint density at radius 1 is 0.935 bits per heavy atom. The Hall–Kier alpha value is -1.96. The third-order valence-electron chi connectivity index (χ3n) is 7.61. The summed E-state index contributed by atoms with van der Waals surface area (Å²) in [6.07, 6.45) is 14.2. The average molecular weight is 423 g/mol. The molecule has 0 spiro atoms. The van der Waals surface area contributed by atoms with Crippen molar-refractivity contribution in [1.29, 1.82) is 0 Å². The van der Waals surface area contributed by atoms with Crippen molar-refractivity contribution < 1.29 is 8.78 Å². The Balaban J connectivity index is 1.42. The summed E-state index contributed by atoms with van der Waals surface area (Å²) in [5.41, 5.74) is 5.38. The second kappa shape index (κ2) is 10.1. The maximum Gasteiger partial charge on any atom is 0.130 e. The van der Waals surface area contributed by atoms with E-state index in [1.54, 1.807) is 6.07 Å². The highest BCUT2D eigenvalue weighted by Gasteiger charge is 2.24. The molecule has 1 saturated carbocycles. The van der Waals surface area contributed by atoms with E-state index in [1.165, 1.54) is 51.4 Å². The molecule has 2 aliphatic rings. The molecule has 0 amide bonds. The van der Waals surface area contributed by atoms with Crippen LogP contribution >= 0.6 is 0 Å². The molecule has 2 aliphatic carbocycles. The first kappa shape index (κ1) is 22.2. The quantitative estimate of drug-likeness (QED) is 0.392. The van der Waals surface area contributed by atoms with Gasteiger partial charge in [-0.2, -0.15) is 0 Å². The molecule has 0 aromatic heterocycles. The molecule has 0 aliphatic heterocycles. The van der Waals surface area contributed by atoms with Crippen LogP contribution in [0.5, 0.6) is 0 Å². The molecular weight excluding hydrogens is 386 g/mol. The van der Waals surface area contributed by atoms with E-state index in [4.69, 9.17) is 0 Å². The van der Waals surface area contributed by atoms with Crippen LogP contribution in [0.15, 0.2) is 36.4 Å². The number of rotatable bonds is 7. The number of allylic oxidation sites excluding steroid dienone is 2. The zero-order chi connectivity index (χ0) is 21.8. The molecule has 0 nitrogen and oxygen atoms in total. The molecule has 0 bridgehead atoms. The summed E-state index contributed by atoms with van der Waals surface area (Å²) in [7, 11) is 0. The number of hydrogen-bond donors (Lipinski definition) is 0. The molecule has 0 radical (unpaired) electrons. The van der Waals surface area contributed by atoms with Gasteiger partial charge in [-0.1, -0.05) is 69.9 Å². The first-order chi connectivity index (χ1) is 15.1. The first-order valence-electron chi connectivity index (χ1n) is 12.4. The van der Waals surface area contributed by atoms with Crippen LogP contribution in [-0.2, 0) is 19.3 Å². The smallest absolute Gasteiger partial charge is 0.130 e. The van der Waals surface area contributed by atoms with Gasteiger partial charge in [0.05, 0.1) is 0 Å². The Bertz CT molecular complexity index is 932. The molecule has 1 fully saturated rings. The van der Waals surface area contributed by atoms with Crippen molar-refractivity contribution in [2.45, 2.75) is 90.4 Å². The Labute approximate surface area is 186 Å². The minimum absolute atomic E-state index is 0.0728. The van der Waals surface area contributed by atoms with Gasteiger partial charge in [-0.15, -0.1) is 0 Å². The van der Waals surface area contributed by atoms with Gasteiger partial charge in [-0.25, -0.2) is 8.78 Å². The average Bonchev–Trinajstić information content (AvgIpc) is 2.80. The molecule has 0 N–H and O–H groups in total. The summed E-state index contributed by atoms with van der Waals surface area (Å²) < 4.78 is 29.8. The van der Waals surface area contributed by atoms with Crippen molar-refractivity contribution in [3.8, 4) is 0 Å². The Morgan fingerprint density at radius 2 is 1.74 bits per heavy atom. The molecule has 0 unspecified atom stereocenters. The van der Waals surface area contributed by atoms with Gasteiger partial charge in [0.1, 0.15) is 11.6 Å². The van der Waals surface area contributed by atoms with E-state index < -0.39 is 0 Å². The van der Waals surface area contributed by atoms with E-state index in [1.807, 2.05) is 31.2 Å². The van der Waals surface area contributed by atoms with Crippen molar-refractivity contribution in [3.05, 3.63) is 75.9 Å². The Kier molecular flexibility index (Phi) is 7.25. The van der Waals surface area contributed by atoms with Crippen LogP contribution in [0, 0.1) is 17.6 Å². The predicted molar refractivity (Wildman–Crippen MR) is 126 cm³/mol. The van der Waals surface area contributed by atoms with E-state index >= 15 is 4.39 Å². The van der Waals surface area contributed by atoms with Gasteiger partial charge >= 0.3 is 0 Å². The second-order valence-electron chi connectivity index (χ2n) is 9.59. The van der Waals surface area contributed by atoms with E-state index in [-0.39, 0.29) is 11.6 Å². The fourth-order valence-corrected chi connectivity index (χ4v) is 5.59. The van der Waals surface area contributed by atoms with E-state index in [9.17, 15) is 4.39 Å². The van der Waals surface area contributed by atoms with E-state index in [0.29, 0.717) is 30.7 Å². The molecule has 0 atom stereocenters. The number of hydrogen-bond acceptors (Lipinski definition) is 0. The standard InChI is InChI=1S/C29H36F2/c1-3-5-6-7-20-8-10-22(11-9-20)23-14-16-26(28(30)19-23)24-15-17-27-25(18-24)13-12-21(4-2)29(27)31/h12-16,19-20,22H,3-11,17-18H2,1-2H3. The number of fused-ring (bicyclic) bond motifs is 1. The predicted octanol–water partition coefficient (Wildman–Crippen LogP) is 8.56. The molecule has 0 saturated heterocycles. The highest BCUT2D eigenvalue weighted by atomic mass is 19.1. The molecule has 4 rings (SSSR count). The molecule has 166 valence electrons. The molecule has 2 aromatic carbocycles. The molecule has 0 heterocycles. The van der Waals surface area contributed by atoms with Gasteiger partial charge < -0.3 is 0 Å². The summed E-state index contributed by atoms with van der Waals surface area (Å²) in [6.45, 7) is 4.24. The third-order valence-corrected chi connectivity index (χ3v) is 7.61. The summed E-state index contributed by atoms with van der Waals surface area (Å²) in [4.78, 5) is 0. The summed E-state index contributed by atoms with van der Waals surface area (Å²) in [6, 6.07) is 9.78. The van der Waals surface area contributed by atoms with Gasteiger partial charge in [0.15, 0.2) is 0 Å². The zero-order valence-corrected chi connectivity index (χ0v) is 19.2. The minimum atomic E-state index is -0.122. The summed E-state index contributed by atoms with van der Waals surface area (Å²) >= 11 is 0. The van der Waals surface area contributed by atoms with Crippen molar-refractivity contribution in [2.24, 2.45) is 5.92 Å². The highest BCUT2D eigenvalue weighted by Crippen LogP contribution is 2.39. The topological polar surface area (TPSA) is 0 Å². The highest BCUT2D eigenvalue weighted by molar-refractivity contribution is 5.71. The lowest BCUT2D eigenvalue weighted by Gasteiger charge is -2.29. The van der Waals surface area contributed by atoms with Gasteiger partial charge in [0.25, 0.3) is 0 Å². The summed E-state index contributed by atoms with van der Waals surface area (Å²) in [5, 5.41) is 0. The number of benzene rings is 2. The van der Waals surface area contributed by atoms with Crippen molar-refractivity contribution in [1.82, 2.24) is 0 Å². The number of halogens is 2. The van der Waals surface area contributed by atoms with Crippen molar-refractivity contribution >= 4 is 5.57 Å². The lowest BCUT2D eigenvalue weighted by Crippen LogP contribution is -2.14. The van der Waals surface area contributed by atoms with Crippen LogP contribution in [0.1, 0.15) is 98.9 Å². The van der Waals surface area contributed by atoms with Crippen molar-refractivity contribution in [2.75, 3.05) is 0 Å². The van der Waals surface area contributed by atoms with Crippen molar-refractivity contribution in [3.63, 3.8) is 0 Å². The van der Waals surface area contributed by atoms with Gasteiger partial charge in [-0.05, 0) is 90.7 Å². The maximum absolute atomic E-state index is 15.1. The van der Waals surface area contributed by atoms with Crippen LogP contribution in [0.25, 0.3) is 5.57 Å².